The Hall–Kier alpha value is -2.18. The molecule has 1 fully saturated rings. The third-order valence-electron chi connectivity index (χ3n) is 4.51. The first-order chi connectivity index (χ1) is 11.4. The van der Waals surface area contributed by atoms with Gasteiger partial charge in [-0.1, -0.05) is 42.5 Å². The summed E-state index contributed by atoms with van der Waals surface area (Å²) in [6.07, 6.45) is 0.0472. The van der Waals surface area contributed by atoms with Crippen molar-refractivity contribution in [1.82, 2.24) is 5.32 Å². The van der Waals surface area contributed by atoms with Gasteiger partial charge in [0.2, 0.25) is 0 Å². The van der Waals surface area contributed by atoms with Gasteiger partial charge >= 0.3 is 5.97 Å². The molecular formula is C18H19NO4S. The molecule has 5 nitrogen and oxygen atoms in total. The Balaban J connectivity index is 2.06. The molecule has 2 aromatic rings. The summed E-state index contributed by atoms with van der Waals surface area (Å²) in [6.45, 7) is 1.90. The van der Waals surface area contributed by atoms with Gasteiger partial charge in [0, 0.05) is 0 Å². The molecule has 0 aromatic heterocycles. The molecule has 1 heterocycles. The number of sulfone groups is 1. The van der Waals surface area contributed by atoms with Gasteiger partial charge in [0.05, 0.1) is 16.2 Å². The molecule has 0 aliphatic carbocycles. The lowest BCUT2D eigenvalue weighted by Crippen LogP contribution is -2.33. The van der Waals surface area contributed by atoms with E-state index in [-0.39, 0.29) is 11.3 Å². The predicted octanol–water partition coefficient (Wildman–Crippen LogP) is 2.33. The molecule has 24 heavy (non-hydrogen) atoms. The Morgan fingerprint density at radius 2 is 1.71 bits per heavy atom. The van der Waals surface area contributed by atoms with Crippen LogP contribution in [0, 0.1) is 6.92 Å². The van der Waals surface area contributed by atoms with Crippen LogP contribution in [0.15, 0.2) is 59.5 Å². The summed E-state index contributed by atoms with van der Waals surface area (Å²) in [5.74, 6) is -1.03. The molecule has 1 aliphatic heterocycles. The molecule has 1 saturated heterocycles. The number of carboxylic acid groups (broad SMARTS) is 1. The zero-order valence-corrected chi connectivity index (χ0v) is 14.0. The van der Waals surface area contributed by atoms with Gasteiger partial charge in [0.1, 0.15) is 6.04 Å². The number of aryl methyl sites for hydroxylation is 1. The summed E-state index contributed by atoms with van der Waals surface area (Å²) in [5, 5.41) is 11.5. The van der Waals surface area contributed by atoms with Crippen LogP contribution in [0.5, 0.6) is 0 Å². The van der Waals surface area contributed by atoms with E-state index in [1.54, 1.807) is 30.3 Å². The molecule has 0 spiro atoms. The van der Waals surface area contributed by atoms with Crippen molar-refractivity contribution in [3.05, 3.63) is 65.7 Å². The van der Waals surface area contributed by atoms with Crippen molar-refractivity contribution in [2.45, 2.75) is 35.6 Å². The average Bonchev–Trinajstić information content (AvgIpc) is 3.02. The van der Waals surface area contributed by atoms with E-state index in [1.165, 1.54) is 0 Å². The van der Waals surface area contributed by atoms with Gasteiger partial charge in [-0.3, -0.25) is 10.1 Å². The SMILES string of the molecule is Cc1ccccc1C1N[C@H](C(=O)O)CC1S(=O)(=O)c1ccccc1. The van der Waals surface area contributed by atoms with Crippen molar-refractivity contribution in [1.29, 1.82) is 0 Å². The van der Waals surface area contributed by atoms with Crippen LogP contribution >= 0.6 is 0 Å². The van der Waals surface area contributed by atoms with Gasteiger partial charge in [0.25, 0.3) is 0 Å². The first-order valence-electron chi connectivity index (χ1n) is 7.74. The smallest absolute Gasteiger partial charge is 0.320 e. The maximum absolute atomic E-state index is 13.1. The second kappa shape index (κ2) is 6.37. The Kier molecular flexibility index (Phi) is 4.43. The topological polar surface area (TPSA) is 83.5 Å². The number of carboxylic acids is 1. The number of aliphatic carboxylic acids is 1. The molecule has 2 aromatic carbocycles. The van der Waals surface area contributed by atoms with Crippen LogP contribution in [0.3, 0.4) is 0 Å². The molecule has 0 saturated carbocycles. The van der Waals surface area contributed by atoms with E-state index in [9.17, 15) is 18.3 Å². The van der Waals surface area contributed by atoms with Crippen LogP contribution in [0.25, 0.3) is 0 Å². The van der Waals surface area contributed by atoms with Crippen LogP contribution < -0.4 is 5.32 Å². The van der Waals surface area contributed by atoms with Gasteiger partial charge in [-0.2, -0.15) is 0 Å². The lowest BCUT2D eigenvalue weighted by molar-refractivity contribution is -0.139. The van der Waals surface area contributed by atoms with Gasteiger partial charge < -0.3 is 5.11 Å². The van der Waals surface area contributed by atoms with E-state index in [0.717, 1.165) is 11.1 Å². The summed E-state index contributed by atoms with van der Waals surface area (Å²) >= 11 is 0. The van der Waals surface area contributed by atoms with E-state index < -0.39 is 33.1 Å². The molecule has 3 rings (SSSR count). The van der Waals surface area contributed by atoms with E-state index in [4.69, 9.17) is 0 Å². The number of benzene rings is 2. The highest BCUT2D eigenvalue weighted by Crippen LogP contribution is 2.36. The third kappa shape index (κ3) is 2.95. The van der Waals surface area contributed by atoms with Crippen molar-refractivity contribution >= 4 is 15.8 Å². The fourth-order valence-corrected chi connectivity index (χ4v) is 5.16. The number of carbonyl (C=O) groups is 1. The molecule has 2 unspecified atom stereocenters. The fraction of sp³-hybridized carbons (Fsp3) is 0.278. The van der Waals surface area contributed by atoms with Crippen molar-refractivity contribution in [3.8, 4) is 0 Å². The molecule has 3 atom stereocenters. The lowest BCUT2D eigenvalue weighted by Gasteiger charge is -2.22. The largest absolute Gasteiger partial charge is 0.480 e. The number of nitrogens with one attached hydrogen (secondary N) is 1. The van der Waals surface area contributed by atoms with Gasteiger partial charge in [0.15, 0.2) is 9.84 Å². The zero-order valence-electron chi connectivity index (χ0n) is 13.2. The van der Waals surface area contributed by atoms with Crippen molar-refractivity contribution in [3.63, 3.8) is 0 Å². The standard InChI is InChI=1S/C18H19NO4S/c1-12-7-5-6-10-14(12)17-16(11-15(19-17)18(20)21)24(22,23)13-8-3-2-4-9-13/h2-10,15-17,19H,11H2,1H3,(H,20,21)/t15-,16?,17?/m0/s1. The van der Waals surface area contributed by atoms with Gasteiger partial charge in [-0.25, -0.2) is 8.42 Å². The fourth-order valence-electron chi connectivity index (χ4n) is 3.25. The minimum atomic E-state index is -3.65. The minimum Gasteiger partial charge on any atom is -0.480 e. The minimum absolute atomic E-state index is 0.0472. The third-order valence-corrected chi connectivity index (χ3v) is 6.70. The van der Waals surface area contributed by atoms with E-state index >= 15 is 0 Å². The summed E-state index contributed by atoms with van der Waals surface area (Å²) in [6, 6.07) is 14.3. The summed E-state index contributed by atoms with van der Waals surface area (Å²) in [4.78, 5) is 11.6. The second-order valence-corrected chi connectivity index (χ2v) is 8.19. The first-order valence-corrected chi connectivity index (χ1v) is 9.29. The van der Waals surface area contributed by atoms with Crippen molar-refractivity contribution in [2.75, 3.05) is 0 Å². The number of rotatable bonds is 4. The molecule has 0 bridgehead atoms. The highest BCUT2D eigenvalue weighted by atomic mass is 32.2. The van der Waals surface area contributed by atoms with E-state index in [0.29, 0.717) is 0 Å². The summed E-state index contributed by atoms with van der Waals surface area (Å²) < 4.78 is 26.1. The predicted molar refractivity (Wildman–Crippen MR) is 90.5 cm³/mol. The molecule has 1 aliphatic rings. The van der Waals surface area contributed by atoms with E-state index in [1.807, 2.05) is 31.2 Å². The van der Waals surface area contributed by atoms with Crippen molar-refractivity contribution < 1.29 is 18.3 Å². The molecule has 0 amide bonds. The van der Waals surface area contributed by atoms with Crippen LogP contribution in [0.2, 0.25) is 0 Å². The maximum Gasteiger partial charge on any atom is 0.320 e. The van der Waals surface area contributed by atoms with Crippen LogP contribution in [0.4, 0.5) is 0 Å². The molecule has 6 heteroatoms. The average molecular weight is 345 g/mol. The molecule has 126 valence electrons. The number of hydrogen-bond acceptors (Lipinski definition) is 4. The Morgan fingerprint density at radius 3 is 2.33 bits per heavy atom. The van der Waals surface area contributed by atoms with E-state index in [2.05, 4.69) is 5.32 Å². The van der Waals surface area contributed by atoms with Crippen molar-refractivity contribution in [2.24, 2.45) is 0 Å². The monoisotopic (exact) mass is 345 g/mol. The highest BCUT2D eigenvalue weighted by molar-refractivity contribution is 7.92. The number of hydrogen-bond donors (Lipinski definition) is 2. The van der Waals surface area contributed by atoms with Gasteiger partial charge in [-0.05, 0) is 36.6 Å². The van der Waals surface area contributed by atoms with Gasteiger partial charge in [-0.15, -0.1) is 0 Å². The Bertz CT molecular complexity index is 848. The highest BCUT2D eigenvalue weighted by Gasteiger charge is 2.45. The lowest BCUT2D eigenvalue weighted by atomic mass is 10.00. The van der Waals surface area contributed by atoms with Crippen LogP contribution in [-0.2, 0) is 14.6 Å². The molecule has 0 radical (unpaired) electrons. The second-order valence-electron chi connectivity index (χ2n) is 6.02. The zero-order chi connectivity index (χ0) is 17.3. The maximum atomic E-state index is 13.1. The first kappa shape index (κ1) is 16.7. The molecular weight excluding hydrogens is 326 g/mol. The summed E-state index contributed by atoms with van der Waals surface area (Å²) in [5.41, 5.74) is 1.76. The molecule has 2 N–H and O–H groups in total. The Morgan fingerprint density at radius 1 is 1.08 bits per heavy atom. The summed E-state index contributed by atoms with van der Waals surface area (Å²) in [7, 11) is -3.65. The van der Waals surface area contributed by atoms with Crippen LogP contribution in [0.1, 0.15) is 23.6 Å². The van der Waals surface area contributed by atoms with Crippen LogP contribution in [-0.4, -0.2) is 30.8 Å². The quantitative estimate of drug-likeness (QED) is 0.888. The Labute approximate surface area is 141 Å². The normalized spacial score (nSPS) is 24.0.